The highest BCUT2D eigenvalue weighted by Gasteiger charge is 2.42. The van der Waals surface area contributed by atoms with Crippen LogP contribution in [-0.2, 0) is 11.8 Å². The molecule has 0 radical (unpaired) electrons. The number of aromatic nitrogens is 2. The van der Waals surface area contributed by atoms with Gasteiger partial charge in [0, 0.05) is 13.0 Å². The number of rotatable bonds is 4. The van der Waals surface area contributed by atoms with Crippen molar-refractivity contribution in [2.45, 2.75) is 31.1 Å². The first-order valence-corrected chi connectivity index (χ1v) is 6.53. The van der Waals surface area contributed by atoms with E-state index in [4.69, 9.17) is 10.3 Å². The van der Waals surface area contributed by atoms with Gasteiger partial charge in [0.1, 0.15) is 5.75 Å². The summed E-state index contributed by atoms with van der Waals surface area (Å²) >= 11 is 0. The monoisotopic (exact) mass is 259 g/mol. The lowest BCUT2D eigenvalue weighted by molar-refractivity contribution is 0.181. The van der Waals surface area contributed by atoms with Gasteiger partial charge in [0.25, 0.3) is 0 Å². The molecule has 1 saturated carbocycles. The molecule has 3 N–H and O–H groups in total. The van der Waals surface area contributed by atoms with E-state index in [9.17, 15) is 5.11 Å². The molecule has 0 amide bonds. The molecule has 0 atom stereocenters. The Morgan fingerprint density at radius 3 is 2.58 bits per heavy atom. The molecule has 1 aliphatic rings. The minimum atomic E-state index is -0.0831. The van der Waals surface area contributed by atoms with Crippen LogP contribution in [0.3, 0.4) is 0 Å². The zero-order valence-corrected chi connectivity index (χ0v) is 10.7. The molecule has 100 valence electrons. The Labute approximate surface area is 111 Å². The largest absolute Gasteiger partial charge is 0.508 e. The molecule has 3 rings (SSSR count). The van der Waals surface area contributed by atoms with Gasteiger partial charge in [0.15, 0.2) is 5.82 Å². The first-order valence-electron chi connectivity index (χ1n) is 6.53. The van der Waals surface area contributed by atoms with Crippen LogP contribution in [0.25, 0.3) is 0 Å². The van der Waals surface area contributed by atoms with Gasteiger partial charge >= 0.3 is 0 Å². The van der Waals surface area contributed by atoms with Crippen molar-refractivity contribution in [2.75, 3.05) is 6.54 Å². The van der Waals surface area contributed by atoms with Crippen LogP contribution in [0.1, 0.15) is 36.5 Å². The summed E-state index contributed by atoms with van der Waals surface area (Å²) in [6.07, 6.45) is 3.84. The van der Waals surface area contributed by atoms with E-state index in [0.29, 0.717) is 24.7 Å². The lowest BCUT2D eigenvalue weighted by Gasteiger charge is -2.36. The van der Waals surface area contributed by atoms with Crippen LogP contribution in [0, 0.1) is 0 Å². The van der Waals surface area contributed by atoms with Crippen molar-refractivity contribution in [1.29, 1.82) is 0 Å². The molecule has 1 aromatic carbocycles. The summed E-state index contributed by atoms with van der Waals surface area (Å²) in [6.45, 7) is 0.563. The summed E-state index contributed by atoms with van der Waals surface area (Å²) in [5, 5.41) is 13.3. The number of nitrogens with two attached hydrogens (primary N) is 1. The molecular formula is C14H17N3O2. The zero-order valence-electron chi connectivity index (χ0n) is 10.7. The van der Waals surface area contributed by atoms with Gasteiger partial charge in [-0.3, -0.25) is 0 Å². The van der Waals surface area contributed by atoms with E-state index >= 15 is 0 Å². The molecule has 2 aromatic rings. The molecular weight excluding hydrogens is 242 g/mol. The Bertz CT molecular complexity index is 553. The summed E-state index contributed by atoms with van der Waals surface area (Å²) in [4.78, 5) is 4.47. The Morgan fingerprint density at radius 1 is 1.26 bits per heavy atom. The predicted molar refractivity (Wildman–Crippen MR) is 69.8 cm³/mol. The molecule has 0 aliphatic heterocycles. The minimum absolute atomic E-state index is 0.0831. The third kappa shape index (κ3) is 2.21. The lowest BCUT2D eigenvalue weighted by Crippen LogP contribution is -2.41. The quantitative estimate of drug-likeness (QED) is 0.873. The number of phenols is 1. The van der Waals surface area contributed by atoms with Gasteiger partial charge in [-0.2, -0.15) is 4.98 Å². The smallest absolute Gasteiger partial charge is 0.234 e. The second-order valence-electron chi connectivity index (χ2n) is 5.20. The van der Waals surface area contributed by atoms with Crippen LogP contribution in [0.15, 0.2) is 28.8 Å². The number of nitrogens with zero attached hydrogens (tertiary/aromatic N) is 2. The number of benzene rings is 1. The first-order chi connectivity index (χ1) is 9.22. The van der Waals surface area contributed by atoms with Gasteiger partial charge in [-0.1, -0.05) is 23.7 Å². The van der Waals surface area contributed by atoms with Crippen LogP contribution >= 0.6 is 0 Å². The van der Waals surface area contributed by atoms with E-state index in [1.54, 1.807) is 12.1 Å². The summed E-state index contributed by atoms with van der Waals surface area (Å²) in [5.74, 6) is 1.60. The van der Waals surface area contributed by atoms with Gasteiger partial charge in [-0.25, -0.2) is 0 Å². The van der Waals surface area contributed by atoms with Crippen LogP contribution in [0.2, 0.25) is 0 Å². The SMILES string of the molecule is NCC1(c2nc(Cc3ccc(O)cc3)no2)CCC1. The van der Waals surface area contributed by atoms with E-state index < -0.39 is 0 Å². The van der Waals surface area contributed by atoms with Crippen LogP contribution < -0.4 is 5.73 Å². The molecule has 1 heterocycles. The van der Waals surface area contributed by atoms with Crippen molar-refractivity contribution < 1.29 is 9.63 Å². The molecule has 1 fully saturated rings. The van der Waals surface area contributed by atoms with Crippen molar-refractivity contribution in [3.05, 3.63) is 41.5 Å². The molecule has 1 aromatic heterocycles. The average molecular weight is 259 g/mol. The molecule has 5 heteroatoms. The highest BCUT2D eigenvalue weighted by atomic mass is 16.5. The zero-order chi connectivity index (χ0) is 13.3. The molecule has 0 saturated heterocycles. The van der Waals surface area contributed by atoms with Gasteiger partial charge in [0.05, 0.1) is 5.41 Å². The second-order valence-corrected chi connectivity index (χ2v) is 5.20. The molecule has 0 bridgehead atoms. The normalized spacial score (nSPS) is 17.1. The molecule has 5 nitrogen and oxygen atoms in total. The van der Waals surface area contributed by atoms with E-state index in [1.165, 1.54) is 6.42 Å². The fraction of sp³-hybridized carbons (Fsp3) is 0.429. The van der Waals surface area contributed by atoms with Gasteiger partial charge < -0.3 is 15.4 Å². The number of hydrogen-bond donors (Lipinski definition) is 2. The van der Waals surface area contributed by atoms with Gasteiger partial charge in [-0.05, 0) is 30.5 Å². The summed E-state index contributed by atoms with van der Waals surface area (Å²) in [5.41, 5.74) is 6.78. The maximum atomic E-state index is 9.24. The number of aromatic hydroxyl groups is 1. The van der Waals surface area contributed by atoms with E-state index in [1.807, 2.05) is 12.1 Å². The van der Waals surface area contributed by atoms with Crippen LogP contribution in [0.5, 0.6) is 5.75 Å². The minimum Gasteiger partial charge on any atom is -0.508 e. The molecule has 0 unspecified atom stereocenters. The maximum Gasteiger partial charge on any atom is 0.234 e. The first kappa shape index (κ1) is 12.2. The Kier molecular flexibility index (Phi) is 2.98. The topological polar surface area (TPSA) is 85.2 Å². The standard InChI is InChI=1S/C14H17N3O2/c15-9-14(6-1-7-14)13-16-12(17-19-13)8-10-2-4-11(18)5-3-10/h2-5,18H,1,6-9,15H2. The van der Waals surface area contributed by atoms with Crippen molar-refractivity contribution in [1.82, 2.24) is 10.1 Å². The molecule has 0 spiro atoms. The van der Waals surface area contributed by atoms with Crippen molar-refractivity contribution in [3.8, 4) is 5.75 Å². The van der Waals surface area contributed by atoms with Crippen LogP contribution in [0.4, 0.5) is 0 Å². The number of phenolic OH excluding ortho intramolecular Hbond substituents is 1. The van der Waals surface area contributed by atoms with Gasteiger partial charge in [0.2, 0.25) is 5.89 Å². The van der Waals surface area contributed by atoms with Gasteiger partial charge in [-0.15, -0.1) is 0 Å². The van der Waals surface area contributed by atoms with Crippen molar-refractivity contribution >= 4 is 0 Å². The van der Waals surface area contributed by atoms with Crippen molar-refractivity contribution in [2.24, 2.45) is 5.73 Å². The predicted octanol–water partition coefficient (Wildman–Crippen LogP) is 1.75. The highest BCUT2D eigenvalue weighted by molar-refractivity contribution is 5.27. The van der Waals surface area contributed by atoms with E-state index in [0.717, 1.165) is 18.4 Å². The Balaban J connectivity index is 1.76. The molecule has 1 aliphatic carbocycles. The summed E-state index contributed by atoms with van der Waals surface area (Å²) in [6, 6.07) is 7.02. The summed E-state index contributed by atoms with van der Waals surface area (Å²) in [7, 11) is 0. The Morgan fingerprint density at radius 2 is 2.00 bits per heavy atom. The third-order valence-corrected chi connectivity index (χ3v) is 3.92. The van der Waals surface area contributed by atoms with Crippen molar-refractivity contribution in [3.63, 3.8) is 0 Å². The van der Waals surface area contributed by atoms with Crippen LogP contribution in [-0.4, -0.2) is 21.8 Å². The Hall–Kier alpha value is -1.88. The fourth-order valence-electron chi connectivity index (χ4n) is 2.45. The second kappa shape index (κ2) is 4.66. The highest BCUT2D eigenvalue weighted by Crippen LogP contribution is 2.41. The fourth-order valence-corrected chi connectivity index (χ4v) is 2.45. The lowest BCUT2D eigenvalue weighted by atomic mass is 9.69. The molecule has 19 heavy (non-hydrogen) atoms. The average Bonchev–Trinajstić information content (AvgIpc) is 2.81. The van der Waals surface area contributed by atoms with E-state index in [-0.39, 0.29) is 11.2 Å². The number of hydrogen-bond acceptors (Lipinski definition) is 5. The summed E-state index contributed by atoms with van der Waals surface area (Å²) < 4.78 is 5.37. The third-order valence-electron chi connectivity index (χ3n) is 3.92. The van der Waals surface area contributed by atoms with E-state index in [2.05, 4.69) is 10.1 Å². The maximum absolute atomic E-state index is 9.24.